The number of rotatable bonds is 5. The average Bonchev–Trinajstić information content (AvgIpc) is 3.41. The Hall–Kier alpha value is -2.15. The van der Waals surface area contributed by atoms with Crippen LogP contribution in [0.2, 0.25) is 15.1 Å². The molecule has 2 amide bonds. The lowest BCUT2D eigenvalue weighted by Gasteiger charge is -2.27. The first-order chi connectivity index (χ1) is 17.5. The van der Waals surface area contributed by atoms with E-state index in [0.29, 0.717) is 27.0 Å². The molecule has 0 radical (unpaired) electrons. The van der Waals surface area contributed by atoms with Gasteiger partial charge in [-0.2, -0.15) is 0 Å². The monoisotopic (exact) mass is 595 g/mol. The van der Waals surface area contributed by atoms with Gasteiger partial charge in [0.2, 0.25) is 5.91 Å². The van der Waals surface area contributed by atoms with Gasteiger partial charge in [-0.05, 0) is 78.6 Å². The molecule has 192 valence electrons. The van der Waals surface area contributed by atoms with Gasteiger partial charge in [0.15, 0.2) is 0 Å². The molecule has 1 aliphatic heterocycles. The van der Waals surface area contributed by atoms with Crippen molar-refractivity contribution in [2.75, 3.05) is 29.1 Å². The number of nitrogens with one attached hydrogen (secondary N) is 2. The molecule has 37 heavy (non-hydrogen) atoms. The van der Waals surface area contributed by atoms with Gasteiger partial charge < -0.3 is 15.5 Å². The Morgan fingerprint density at radius 2 is 1.59 bits per heavy atom. The first-order valence-electron chi connectivity index (χ1n) is 11.6. The van der Waals surface area contributed by atoms with Gasteiger partial charge in [0, 0.05) is 46.6 Å². The highest BCUT2D eigenvalue weighted by Crippen LogP contribution is 2.65. The Morgan fingerprint density at radius 1 is 0.919 bits per heavy atom. The van der Waals surface area contributed by atoms with Gasteiger partial charge in [-0.3, -0.25) is 9.59 Å². The first-order valence-corrected chi connectivity index (χ1v) is 13.5. The number of carbonyl (C=O) groups is 2. The van der Waals surface area contributed by atoms with Crippen molar-refractivity contribution in [2.45, 2.75) is 23.1 Å². The highest BCUT2D eigenvalue weighted by atomic mass is 35.5. The summed E-state index contributed by atoms with van der Waals surface area (Å²) < 4.78 is -1.31. The highest BCUT2D eigenvalue weighted by Gasteiger charge is 2.67. The number of benzene rings is 3. The molecule has 0 bridgehead atoms. The van der Waals surface area contributed by atoms with E-state index in [9.17, 15) is 9.59 Å². The molecular weight excluding hydrogens is 576 g/mol. The van der Waals surface area contributed by atoms with Crippen molar-refractivity contribution in [3.8, 4) is 0 Å². The molecule has 2 N–H and O–H groups in total. The number of alkyl halides is 2. The van der Waals surface area contributed by atoms with E-state index in [4.69, 9.17) is 58.0 Å². The van der Waals surface area contributed by atoms with Crippen LogP contribution in [-0.4, -0.2) is 29.7 Å². The largest absolute Gasteiger partial charge is 0.374 e. The zero-order chi connectivity index (χ0) is 26.5. The molecule has 1 fully saturated rings. The molecule has 0 aromatic heterocycles. The number of halogens is 5. The Kier molecular flexibility index (Phi) is 7.29. The average molecular weight is 598 g/mol. The van der Waals surface area contributed by atoms with Crippen LogP contribution in [0, 0.1) is 5.92 Å². The maximum Gasteiger partial charge on any atom is 0.257 e. The number of carbonyl (C=O) groups excluding carboxylic acids is 2. The fourth-order valence-corrected chi connectivity index (χ4v) is 6.46. The van der Waals surface area contributed by atoms with E-state index in [2.05, 4.69) is 22.6 Å². The molecule has 1 aliphatic carbocycles. The molecule has 0 unspecified atom stereocenters. The number of hydrogen-bond donors (Lipinski definition) is 2. The van der Waals surface area contributed by atoms with E-state index in [1.54, 1.807) is 30.3 Å². The third-order valence-electron chi connectivity index (χ3n) is 6.75. The summed E-state index contributed by atoms with van der Waals surface area (Å²) in [4.78, 5) is 28.4. The SMILES string of the molecule is CN1CCCc2cc(NC(=O)c3cc(NC(=O)[C@H]4[C@H](c5cc(Cl)cc(Cl)c5)C4(Cl)Cl)ccc3Cl)ccc21. The van der Waals surface area contributed by atoms with Crippen molar-refractivity contribution < 1.29 is 9.59 Å². The predicted molar refractivity (Wildman–Crippen MR) is 153 cm³/mol. The zero-order valence-electron chi connectivity index (χ0n) is 19.6. The summed E-state index contributed by atoms with van der Waals surface area (Å²) in [5, 5.41) is 6.83. The fraction of sp³-hybridized carbons (Fsp3) is 0.259. The summed E-state index contributed by atoms with van der Waals surface area (Å²) >= 11 is 31.5. The van der Waals surface area contributed by atoms with E-state index in [1.807, 2.05) is 18.2 Å². The van der Waals surface area contributed by atoms with Crippen LogP contribution in [0.15, 0.2) is 54.6 Å². The normalized spacial score (nSPS) is 19.7. The van der Waals surface area contributed by atoms with E-state index < -0.39 is 22.1 Å². The number of anilines is 3. The van der Waals surface area contributed by atoms with Crippen LogP contribution in [0.4, 0.5) is 17.1 Å². The van der Waals surface area contributed by atoms with Crippen molar-refractivity contribution in [1.82, 2.24) is 0 Å². The molecule has 1 saturated carbocycles. The van der Waals surface area contributed by atoms with Crippen LogP contribution in [-0.2, 0) is 11.2 Å². The van der Waals surface area contributed by atoms with Gasteiger partial charge in [-0.1, -0.05) is 34.8 Å². The summed E-state index contributed by atoms with van der Waals surface area (Å²) in [5.74, 6) is -1.98. The standard InChI is InChI=1S/C27H22Cl5N3O2/c1-35-8-2-3-14-11-18(5-7-22(14)35)33-25(36)20-13-19(4-6-21(20)30)34-26(37)24-23(27(24,31)32)15-9-16(28)12-17(29)10-15/h4-7,9-13,23-24H,2-3,8H2,1H3,(H,33,36)(H,34,37)/t23-,24+/m0/s1. The predicted octanol–water partition coefficient (Wildman–Crippen LogP) is 7.81. The number of nitrogens with zero attached hydrogens (tertiary/aromatic N) is 1. The Bertz CT molecular complexity index is 1390. The molecule has 0 saturated heterocycles. The van der Waals surface area contributed by atoms with E-state index in [-0.39, 0.29) is 16.5 Å². The highest BCUT2D eigenvalue weighted by molar-refractivity contribution is 6.53. The second kappa shape index (κ2) is 10.2. The van der Waals surface area contributed by atoms with Gasteiger partial charge in [-0.25, -0.2) is 0 Å². The molecule has 2 atom stereocenters. The van der Waals surface area contributed by atoms with E-state index in [0.717, 1.165) is 19.4 Å². The molecule has 5 rings (SSSR count). The lowest BCUT2D eigenvalue weighted by atomic mass is 10.0. The quantitative estimate of drug-likeness (QED) is 0.295. The van der Waals surface area contributed by atoms with E-state index >= 15 is 0 Å². The molecule has 1 heterocycles. The molecule has 5 nitrogen and oxygen atoms in total. The molecule has 3 aromatic carbocycles. The minimum Gasteiger partial charge on any atom is -0.374 e. The van der Waals surface area contributed by atoms with Gasteiger partial charge in [0.25, 0.3) is 5.91 Å². The Labute approximate surface area is 240 Å². The van der Waals surface area contributed by atoms with Gasteiger partial charge in [-0.15, -0.1) is 23.2 Å². The molecule has 3 aromatic rings. The van der Waals surface area contributed by atoms with Gasteiger partial charge in [0.1, 0.15) is 4.33 Å². The number of fused-ring (bicyclic) bond motifs is 1. The van der Waals surface area contributed by atoms with Crippen LogP contribution in [0.25, 0.3) is 0 Å². The van der Waals surface area contributed by atoms with Crippen molar-refractivity contribution in [2.24, 2.45) is 5.92 Å². The smallest absolute Gasteiger partial charge is 0.257 e. The minimum absolute atomic E-state index is 0.228. The van der Waals surface area contributed by atoms with Crippen molar-refractivity contribution >= 4 is 86.9 Å². The molecule has 0 spiro atoms. The lowest BCUT2D eigenvalue weighted by molar-refractivity contribution is -0.117. The van der Waals surface area contributed by atoms with Crippen LogP contribution >= 0.6 is 58.0 Å². The minimum atomic E-state index is -1.31. The first kappa shape index (κ1) is 26.5. The fourth-order valence-electron chi connectivity index (χ4n) is 4.88. The summed E-state index contributed by atoms with van der Waals surface area (Å²) in [6.45, 7) is 1.01. The van der Waals surface area contributed by atoms with Crippen molar-refractivity contribution in [3.63, 3.8) is 0 Å². The summed E-state index contributed by atoms with van der Waals surface area (Å²) in [6, 6.07) is 15.5. The van der Waals surface area contributed by atoms with Crippen LogP contribution in [0.1, 0.15) is 33.8 Å². The topological polar surface area (TPSA) is 61.4 Å². The zero-order valence-corrected chi connectivity index (χ0v) is 23.4. The summed E-state index contributed by atoms with van der Waals surface area (Å²) in [6.07, 6.45) is 2.02. The number of aryl methyl sites for hydroxylation is 1. The lowest BCUT2D eigenvalue weighted by Crippen LogP contribution is -2.24. The third kappa shape index (κ3) is 5.39. The summed E-state index contributed by atoms with van der Waals surface area (Å²) in [5.41, 5.74) is 4.33. The molecule has 2 aliphatic rings. The third-order valence-corrected chi connectivity index (χ3v) is 8.45. The molecular formula is C27H22Cl5N3O2. The van der Waals surface area contributed by atoms with Gasteiger partial charge in [0.05, 0.1) is 16.5 Å². The van der Waals surface area contributed by atoms with Crippen molar-refractivity contribution in [1.29, 1.82) is 0 Å². The Balaban J connectivity index is 1.31. The second-order valence-corrected chi connectivity index (χ2v) is 12.1. The maximum atomic E-state index is 13.1. The second-order valence-electron chi connectivity index (χ2n) is 9.34. The van der Waals surface area contributed by atoms with Crippen LogP contribution in [0.3, 0.4) is 0 Å². The van der Waals surface area contributed by atoms with E-state index in [1.165, 1.54) is 17.3 Å². The van der Waals surface area contributed by atoms with Crippen molar-refractivity contribution in [3.05, 3.63) is 86.4 Å². The van der Waals surface area contributed by atoms with Crippen LogP contribution in [0.5, 0.6) is 0 Å². The number of hydrogen-bond acceptors (Lipinski definition) is 3. The number of amides is 2. The maximum absolute atomic E-state index is 13.1. The Morgan fingerprint density at radius 3 is 2.32 bits per heavy atom. The molecule has 10 heteroatoms. The van der Waals surface area contributed by atoms with Gasteiger partial charge >= 0.3 is 0 Å². The van der Waals surface area contributed by atoms with Crippen LogP contribution < -0.4 is 15.5 Å². The summed E-state index contributed by atoms with van der Waals surface area (Å²) in [7, 11) is 2.06.